The number of carbonyl (C=O) groups is 1. The van der Waals surface area contributed by atoms with Gasteiger partial charge in [0.15, 0.2) is 11.5 Å². The van der Waals surface area contributed by atoms with Crippen molar-refractivity contribution in [1.82, 2.24) is 0 Å². The monoisotopic (exact) mass is 469 g/mol. The van der Waals surface area contributed by atoms with Crippen molar-refractivity contribution in [2.45, 2.75) is 11.8 Å². The number of rotatable bonds is 6. The molecule has 1 aliphatic rings. The van der Waals surface area contributed by atoms with Crippen LogP contribution in [0.15, 0.2) is 65.6 Å². The van der Waals surface area contributed by atoms with Crippen molar-refractivity contribution in [3.05, 3.63) is 81.9 Å². The van der Waals surface area contributed by atoms with Gasteiger partial charge in [0.1, 0.15) is 13.2 Å². The Bertz CT molecular complexity index is 1340. The Morgan fingerprint density at radius 1 is 0.939 bits per heavy atom. The number of nitrogens with zero attached hydrogens (tertiary/aromatic N) is 1. The highest BCUT2D eigenvalue weighted by molar-refractivity contribution is 7.92. The first-order valence-corrected chi connectivity index (χ1v) is 11.3. The average molecular weight is 469 g/mol. The van der Waals surface area contributed by atoms with E-state index >= 15 is 0 Å². The Morgan fingerprint density at radius 2 is 1.61 bits per heavy atom. The van der Waals surface area contributed by atoms with Gasteiger partial charge in [-0.25, -0.2) is 8.42 Å². The third-order valence-corrected chi connectivity index (χ3v) is 6.27. The van der Waals surface area contributed by atoms with Gasteiger partial charge in [0.25, 0.3) is 21.6 Å². The fourth-order valence-corrected chi connectivity index (χ4v) is 4.25. The van der Waals surface area contributed by atoms with Crippen molar-refractivity contribution >= 4 is 33.0 Å². The summed E-state index contributed by atoms with van der Waals surface area (Å²) in [5.74, 6) is 0.320. The standard InChI is InChI=1S/C22H19N3O7S/c1-14-2-3-15(12-19(14)25(27)28)22(26)23-16-4-6-17(7-5-16)24-33(29,30)18-8-9-20-21(13-18)32-11-10-31-20/h2-9,12-13,24H,10-11H2,1H3,(H,23,26). The summed E-state index contributed by atoms with van der Waals surface area (Å²) in [4.78, 5) is 23.0. The lowest BCUT2D eigenvalue weighted by molar-refractivity contribution is -0.385. The maximum atomic E-state index is 12.7. The maximum absolute atomic E-state index is 12.7. The summed E-state index contributed by atoms with van der Waals surface area (Å²) in [6, 6.07) is 14.6. The number of hydrogen-bond acceptors (Lipinski definition) is 7. The van der Waals surface area contributed by atoms with Gasteiger partial charge in [-0.15, -0.1) is 0 Å². The highest BCUT2D eigenvalue weighted by Crippen LogP contribution is 2.32. The molecule has 0 saturated carbocycles. The van der Waals surface area contributed by atoms with Crippen molar-refractivity contribution < 1.29 is 27.6 Å². The summed E-state index contributed by atoms with van der Waals surface area (Å²) in [7, 11) is -3.88. The summed E-state index contributed by atoms with van der Waals surface area (Å²) in [5.41, 5.74) is 1.12. The summed E-state index contributed by atoms with van der Waals surface area (Å²) < 4.78 is 38.7. The molecule has 3 aromatic carbocycles. The van der Waals surface area contributed by atoms with Crippen LogP contribution in [0.1, 0.15) is 15.9 Å². The number of fused-ring (bicyclic) bond motifs is 1. The zero-order chi connectivity index (χ0) is 23.6. The molecular weight excluding hydrogens is 450 g/mol. The SMILES string of the molecule is Cc1ccc(C(=O)Nc2ccc(NS(=O)(=O)c3ccc4c(c3)OCCO4)cc2)cc1[N+](=O)[O-]. The van der Waals surface area contributed by atoms with E-state index in [-0.39, 0.29) is 21.8 Å². The van der Waals surface area contributed by atoms with Gasteiger partial charge in [-0.1, -0.05) is 6.07 Å². The van der Waals surface area contributed by atoms with Crippen molar-refractivity contribution in [3.63, 3.8) is 0 Å². The second-order valence-corrected chi connectivity index (χ2v) is 8.88. The number of benzene rings is 3. The van der Waals surface area contributed by atoms with E-state index in [2.05, 4.69) is 10.0 Å². The largest absolute Gasteiger partial charge is 0.486 e. The predicted octanol–water partition coefficient (Wildman–Crippen LogP) is 3.73. The molecule has 1 heterocycles. The van der Waals surface area contributed by atoms with E-state index in [1.165, 1.54) is 60.7 Å². The molecule has 0 unspecified atom stereocenters. The van der Waals surface area contributed by atoms with Gasteiger partial charge in [0.05, 0.1) is 9.82 Å². The fraction of sp³-hybridized carbons (Fsp3) is 0.136. The average Bonchev–Trinajstić information content (AvgIpc) is 2.80. The summed E-state index contributed by atoms with van der Waals surface area (Å²) in [5, 5.41) is 13.7. The van der Waals surface area contributed by atoms with Gasteiger partial charge >= 0.3 is 0 Å². The smallest absolute Gasteiger partial charge is 0.273 e. The summed E-state index contributed by atoms with van der Waals surface area (Å²) in [6.45, 7) is 2.33. The molecule has 11 heteroatoms. The topological polar surface area (TPSA) is 137 Å². The van der Waals surface area contributed by atoms with Crippen LogP contribution in [0.4, 0.5) is 17.1 Å². The Kier molecular flexibility index (Phi) is 5.88. The number of nitro benzene ring substituents is 1. The second-order valence-electron chi connectivity index (χ2n) is 7.20. The number of nitrogens with one attached hydrogen (secondary N) is 2. The Balaban J connectivity index is 1.46. The molecule has 4 rings (SSSR count). The van der Waals surface area contributed by atoms with Crippen LogP contribution in [0.5, 0.6) is 11.5 Å². The first kappa shape index (κ1) is 22.1. The van der Waals surface area contributed by atoms with E-state index in [1.54, 1.807) is 6.92 Å². The van der Waals surface area contributed by atoms with E-state index in [1.807, 2.05) is 0 Å². The summed E-state index contributed by atoms with van der Waals surface area (Å²) >= 11 is 0. The molecule has 0 spiro atoms. The lowest BCUT2D eigenvalue weighted by atomic mass is 10.1. The third-order valence-electron chi connectivity index (χ3n) is 4.89. The zero-order valence-electron chi connectivity index (χ0n) is 17.4. The molecule has 0 bridgehead atoms. The lowest BCUT2D eigenvalue weighted by Gasteiger charge is -2.19. The second kappa shape index (κ2) is 8.79. The fourth-order valence-electron chi connectivity index (χ4n) is 3.18. The van der Waals surface area contributed by atoms with Gasteiger partial charge in [0.2, 0.25) is 0 Å². The van der Waals surface area contributed by atoms with Crippen LogP contribution >= 0.6 is 0 Å². The van der Waals surface area contributed by atoms with Gasteiger partial charge in [-0.3, -0.25) is 19.6 Å². The number of carbonyl (C=O) groups excluding carboxylic acids is 1. The van der Waals surface area contributed by atoms with Crippen LogP contribution in [0.3, 0.4) is 0 Å². The molecule has 1 amide bonds. The quantitative estimate of drug-likeness (QED) is 0.414. The van der Waals surface area contributed by atoms with E-state index in [4.69, 9.17) is 9.47 Å². The molecule has 10 nitrogen and oxygen atoms in total. The van der Waals surface area contributed by atoms with Gasteiger partial charge in [-0.05, 0) is 49.4 Å². The van der Waals surface area contributed by atoms with E-state index in [9.17, 15) is 23.3 Å². The predicted molar refractivity (Wildman–Crippen MR) is 120 cm³/mol. The Labute approximate surface area is 189 Å². The van der Waals surface area contributed by atoms with E-state index < -0.39 is 20.9 Å². The maximum Gasteiger partial charge on any atom is 0.273 e. The van der Waals surface area contributed by atoms with Crippen LogP contribution in [0.25, 0.3) is 0 Å². The molecule has 170 valence electrons. The van der Waals surface area contributed by atoms with Gasteiger partial charge in [0, 0.05) is 34.6 Å². The first-order chi connectivity index (χ1) is 15.7. The van der Waals surface area contributed by atoms with E-state index in [0.717, 1.165) is 0 Å². The number of sulfonamides is 1. The molecule has 1 aliphatic heterocycles. The molecule has 33 heavy (non-hydrogen) atoms. The minimum absolute atomic E-state index is 0.0186. The molecule has 0 radical (unpaired) electrons. The van der Waals surface area contributed by atoms with Crippen LogP contribution in [-0.4, -0.2) is 32.5 Å². The minimum atomic E-state index is -3.88. The summed E-state index contributed by atoms with van der Waals surface area (Å²) in [6.07, 6.45) is 0. The molecule has 0 aliphatic carbocycles. The van der Waals surface area contributed by atoms with E-state index in [0.29, 0.717) is 36.0 Å². The van der Waals surface area contributed by atoms with Crippen LogP contribution in [-0.2, 0) is 10.0 Å². The van der Waals surface area contributed by atoms with Gasteiger partial charge < -0.3 is 14.8 Å². The minimum Gasteiger partial charge on any atom is -0.486 e. The molecule has 3 aromatic rings. The number of nitro groups is 1. The third kappa shape index (κ3) is 4.88. The number of anilines is 2. The molecule has 0 saturated heterocycles. The van der Waals surface area contributed by atoms with Gasteiger partial charge in [-0.2, -0.15) is 0 Å². The number of amides is 1. The van der Waals surface area contributed by atoms with Crippen molar-refractivity contribution in [3.8, 4) is 11.5 Å². The molecule has 2 N–H and O–H groups in total. The number of aryl methyl sites for hydroxylation is 1. The highest BCUT2D eigenvalue weighted by Gasteiger charge is 2.20. The molecule has 0 atom stereocenters. The Morgan fingerprint density at radius 3 is 2.30 bits per heavy atom. The lowest BCUT2D eigenvalue weighted by Crippen LogP contribution is -2.17. The van der Waals surface area contributed by atoms with Crippen molar-refractivity contribution in [1.29, 1.82) is 0 Å². The van der Waals surface area contributed by atoms with Crippen LogP contribution < -0.4 is 19.5 Å². The molecule has 0 aromatic heterocycles. The normalized spacial score (nSPS) is 12.6. The highest BCUT2D eigenvalue weighted by atomic mass is 32.2. The molecular formula is C22H19N3O7S. The van der Waals surface area contributed by atoms with Crippen molar-refractivity contribution in [2.75, 3.05) is 23.3 Å². The zero-order valence-corrected chi connectivity index (χ0v) is 18.2. The van der Waals surface area contributed by atoms with Crippen LogP contribution in [0.2, 0.25) is 0 Å². The first-order valence-electron chi connectivity index (χ1n) is 9.82. The number of ether oxygens (including phenoxy) is 2. The number of hydrogen-bond donors (Lipinski definition) is 2. The Hall–Kier alpha value is -4.12. The van der Waals surface area contributed by atoms with Crippen LogP contribution in [0, 0.1) is 17.0 Å². The molecule has 0 fully saturated rings. The van der Waals surface area contributed by atoms with Crippen molar-refractivity contribution in [2.24, 2.45) is 0 Å².